The second kappa shape index (κ2) is 9.87. The minimum absolute atomic E-state index is 0.0936. The van der Waals surface area contributed by atoms with E-state index in [1.165, 1.54) is 0 Å². The number of nitrogens with zero attached hydrogens (tertiary/aromatic N) is 2. The molecule has 1 aliphatic carbocycles. The smallest absolute Gasteiger partial charge is 0.252 e. The quantitative estimate of drug-likeness (QED) is 0.557. The van der Waals surface area contributed by atoms with Gasteiger partial charge in [-0.15, -0.1) is 11.3 Å². The van der Waals surface area contributed by atoms with Crippen molar-refractivity contribution in [3.05, 3.63) is 59.3 Å². The summed E-state index contributed by atoms with van der Waals surface area (Å²) in [5, 5.41) is 12.1. The van der Waals surface area contributed by atoms with E-state index in [-0.39, 0.29) is 24.8 Å². The highest BCUT2D eigenvalue weighted by Crippen LogP contribution is 2.37. The highest BCUT2D eigenvalue weighted by molar-refractivity contribution is 7.13. The summed E-state index contributed by atoms with van der Waals surface area (Å²) in [6, 6.07) is 13.4. The molecule has 2 amide bonds. The fraction of sp³-hybridized carbons (Fsp3) is 0.391. The number of benzene rings is 1. The van der Waals surface area contributed by atoms with Crippen LogP contribution in [0.4, 0.5) is 0 Å². The van der Waals surface area contributed by atoms with Crippen LogP contribution in [0.5, 0.6) is 0 Å². The van der Waals surface area contributed by atoms with Crippen molar-refractivity contribution in [3.8, 4) is 10.7 Å². The van der Waals surface area contributed by atoms with Gasteiger partial charge in [0.2, 0.25) is 17.6 Å². The van der Waals surface area contributed by atoms with E-state index in [1.54, 1.807) is 11.3 Å². The Kier molecular flexibility index (Phi) is 6.76. The number of carbonyl (C=O) groups excluding carboxylic acids is 2. The normalized spacial score (nSPS) is 15.4. The summed E-state index contributed by atoms with van der Waals surface area (Å²) in [6.07, 6.45) is 5.15. The van der Waals surface area contributed by atoms with Crippen LogP contribution in [0.1, 0.15) is 50.0 Å². The van der Waals surface area contributed by atoms with Gasteiger partial charge >= 0.3 is 0 Å². The van der Waals surface area contributed by atoms with E-state index in [0.717, 1.165) is 42.5 Å². The van der Waals surface area contributed by atoms with Crippen molar-refractivity contribution in [1.82, 2.24) is 20.8 Å². The monoisotopic (exact) mass is 438 g/mol. The molecule has 8 heteroatoms. The number of hydrogen-bond acceptors (Lipinski definition) is 6. The van der Waals surface area contributed by atoms with Gasteiger partial charge in [-0.2, -0.15) is 4.98 Å². The summed E-state index contributed by atoms with van der Waals surface area (Å²) in [6.45, 7) is 0.290. The average molecular weight is 439 g/mol. The van der Waals surface area contributed by atoms with Gasteiger partial charge in [0.1, 0.15) is 5.54 Å². The zero-order valence-corrected chi connectivity index (χ0v) is 18.1. The van der Waals surface area contributed by atoms with Crippen LogP contribution in [-0.4, -0.2) is 28.5 Å². The van der Waals surface area contributed by atoms with Crippen molar-refractivity contribution < 1.29 is 14.1 Å². The largest absolute Gasteiger partial charge is 0.355 e. The molecule has 1 saturated carbocycles. The first-order valence-electron chi connectivity index (χ1n) is 10.6. The van der Waals surface area contributed by atoms with Gasteiger partial charge in [-0.3, -0.25) is 9.59 Å². The molecule has 2 N–H and O–H groups in total. The zero-order chi connectivity index (χ0) is 21.5. The molecule has 0 aliphatic heterocycles. The molecule has 31 heavy (non-hydrogen) atoms. The molecule has 0 unspecified atom stereocenters. The lowest BCUT2D eigenvalue weighted by Crippen LogP contribution is -2.48. The van der Waals surface area contributed by atoms with Crippen LogP contribution in [0.15, 0.2) is 52.4 Å². The third-order valence-electron chi connectivity index (χ3n) is 5.54. The van der Waals surface area contributed by atoms with Crippen LogP contribution in [0.25, 0.3) is 10.7 Å². The maximum atomic E-state index is 12.7. The predicted octanol–water partition coefficient (Wildman–Crippen LogP) is 3.82. The lowest BCUT2D eigenvalue weighted by Gasteiger charge is -2.34. The molecule has 0 saturated heterocycles. The Bertz CT molecular complexity index is 995. The number of amides is 2. The molecule has 2 aromatic heterocycles. The zero-order valence-electron chi connectivity index (χ0n) is 17.3. The van der Waals surface area contributed by atoms with E-state index in [0.29, 0.717) is 18.1 Å². The van der Waals surface area contributed by atoms with Crippen molar-refractivity contribution in [1.29, 1.82) is 0 Å². The van der Waals surface area contributed by atoms with Gasteiger partial charge in [0.05, 0.1) is 11.3 Å². The van der Waals surface area contributed by atoms with Crippen molar-refractivity contribution in [3.63, 3.8) is 0 Å². The average Bonchev–Trinajstić information content (AvgIpc) is 3.47. The Hall–Kier alpha value is -3.00. The van der Waals surface area contributed by atoms with Crippen molar-refractivity contribution in [2.75, 3.05) is 6.54 Å². The first-order valence-corrected chi connectivity index (χ1v) is 11.5. The summed E-state index contributed by atoms with van der Waals surface area (Å²) in [7, 11) is 0. The summed E-state index contributed by atoms with van der Waals surface area (Å²) in [5.74, 6) is 0.802. The molecular formula is C23H26N4O3S. The van der Waals surface area contributed by atoms with Crippen LogP contribution < -0.4 is 10.6 Å². The summed E-state index contributed by atoms with van der Waals surface area (Å²) >= 11 is 1.55. The molecule has 0 spiro atoms. The maximum absolute atomic E-state index is 12.7. The Morgan fingerprint density at radius 2 is 1.84 bits per heavy atom. The Morgan fingerprint density at radius 1 is 1.03 bits per heavy atom. The third-order valence-corrected chi connectivity index (χ3v) is 6.41. The molecule has 1 aromatic carbocycles. The number of hydrogen-bond donors (Lipinski definition) is 2. The van der Waals surface area contributed by atoms with Gasteiger partial charge in [0.25, 0.3) is 5.89 Å². The van der Waals surface area contributed by atoms with E-state index in [4.69, 9.17) is 4.52 Å². The topological polar surface area (TPSA) is 97.1 Å². The van der Waals surface area contributed by atoms with Gasteiger partial charge in [0, 0.05) is 13.0 Å². The Balaban J connectivity index is 1.34. The molecular weight excluding hydrogens is 412 g/mol. The highest BCUT2D eigenvalue weighted by atomic mass is 32.1. The second-order valence-corrected chi connectivity index (χ2v) is 8.80. The van der Waals surface area contributed by atoms with Gasteiger partial charge in [-0.1, -0.05) is 60.8 Å². The van der Waals surface area contributed by atoms with Crippen LogP contribution in [0.2, 0.25) is 0 Å². The third kappa shape index (κ3) is 5.38. The predicted molar refractivity (Wildman–Crippen MR) is 118 cm³/mol. The van der Waals surface area contributed by atoms with Gasteiger partial charge in [-0.25, -0.2) is 0 Å². The van der Waals surface area contributed by atoms with Crippen molar-refractivity contribution in [2.45, 2.75) is 50.5 Å². The van der Waals surface area contributed by atoms with Crippen LogP contribution in [0, 0.1) is 0 Å². The molecule has 4 rings (SSSR count). The molecule has 7 nitrogen and oxygen atoms in total. The van der Waals surface area contributed by atoms with Crippen LogP contribution in [0.3, 0.4) is 0 Å². The van der Waals surface area contributed by atoms with Crippen LogP contribution >= 0.6 is 11.3 Å². The molecule has 162 valence electrons. The second-order valence-electron chi connectivity index (χ2n) is 7.85. The number of rotatable bonds is 8. The lowest BCUT2D eigenvalue weighted by atomic mass is 9.81. The number of thiophene rings is 1. The van der Waals surface area contributed by atoms with Gasteiger partial charge in [-0.05, 0) is 29.9 Å². The fourth-order valence-corrected chi connectivity index (χ4v) is 4.61. The molecule has 1 fully saturated rings. The molecule has 1 aliphatic rings. The minimum atomic E-state index is -0.633. The standard InChI is InChI=1S/C23H26N4O3S/c28-19(11-14-24-20(29)16-17-8-3-1-4-9-17)26-23(12-5-2-6-13-23)22-25-21(27-30-22)18-10-7-15-31-18/h1,3-4,7-10,15H,2,5-6,11-14,16H2,(H,24,29)(H,26,28). The van der Waals surface area contributed by atoms with E-state index in [9.17, 15) is 9.59 Å². The van der Waals surface area contributed by atoms with E-state index in [1.807, 2.05) is 47.8 Å². The lowest BCUT2D eigenvalue weighted by molar-refractivity contribution is -0.124. The summed E-state index contributed by atoms with van der Waals surface area (Å²) in [4.78, 5) is 30.4. The van der Waals surface area contributed by atoms with Crippen molar-refractivity contribution >= 4 is 23.2 Å². The fourth-order valence-electron chi connectivity index (χ4n) is 3.96. The van der Waals surface area contributed by atoms with Crippen LogP contribution in [-0.2, 0) is 21.5 Å². The van der Waals surface area contributed by atoms with Crippen molar-refractivity contribution in [2.24, 2.45) is 0 Å². The van der Waals surface area contributed by atoms with Gasteiger partial charge < -0.3 is 15.2 Å². The number of carbonyl (C=O) groups is 2. The van der Waals surface area contributed by atoms with E-state index in [2.05, 4.69) is 20.8 Å². The number of aromatic nitrogens is 2. The number of nitrogens with one attached hydrogen (secondary N) is 2. The van der Waals surface area contributed by atoms with E-state index < -0.39 is 5.54 Å². The highest BCUT2D eigenvalue weighted by Gasteiger charge is 2.40. The van der Waals surface area contributed by atoms with E-state index >= 15 is 0 Å². The SMILES string of the molecule is O=C(Cc1ccccc1)NCCC(=O)NC1(c2nc(-c3cccs3)no2)CCCCC1. The minimum Gasteiger partial charge on any atom is -0.355 e. The first-order chi connectivity index (χ1) is 15.1. The first kappa shape index (κ1) is 21.2. The molecule has 3 aromatic rings. The molecule has 0 radical (unpaired) electrons. The molecule has 0 bridgehead atoms. The summed E-state index contributed by atoms with van der Waals surface area (Å²) < 4.78 is 5.60. The molecule has 2 heterocycles. The maximum Gasteiger partial charge on any atom is 0.252 e. The Morgan fingerprint density at radius 3 is 2.58 bits per heavy atom. The Labute approximate surface area is 185 Å². The van der Waals surface area contributed by atoms with Gasteiger partial charge in [0.15, 0.2) is 0 Å². The summed E-state index contributed by atoms with van der Waals surface area (Å²) in [5.41, 5.74) is 0.315. The molecule has 0 atom stereocenters.